The minimum absolute atomic E-state index is 0.0343. The first kappa shape index (κ1) is 20.2. The number of hydrogen-bond donors (Lipinski definition) is 2. The fourth-order valence-corrected chi connectivity index (χ4v) is 3.75. The predicted molar refractivity (Wildman–Crippen MR) is 102 cm³/mol. The zero-order valence-electron chi connectivity index (χ0n) is 16.0. The highest BCUT2D eigenvalue weighted by molar-refractivity contribution is 5.75. The summed E-state index contributed by atoms with van der Waals surface area (Å²) in [4.78, 5) is 27.6. The van der Waals surface area contributed by atoms with E-state index in [1.54, 1.807) is 0 Å². The van der Waals surface area contributed by atoms with Gasteiger partial charge in [0.1, 0.15) is 0 Å². The lowest BCUT2D eigenvalue weighted by Crippen LogP contribution is -2.57. The van der Waals surface area contributed by atoms with Crippen molar-refractivity contribution >= 4 is 12.0 Å². The molecule has 6 nitrogen and oxygen atoms in total. The van der Waals surface area contributed by atoms with Gasteiger partial charge in [0, 0.05) is 18.6 Å². The maximum absolute atomic E-state index is 12.8. The average Bonchev–Trinajstić information content (AvgIpc) is 2.60. The van der Waals surface area contributed by atoms with E-state index in [4.69, 9.17) is 5.11 Å². The smallest absolute Gasteiger partial charge is 0.318 e. The number of carbonyl (C=O) groups excluding carboxylic acids is 1. The third-order valence-electron chi connectivity index (χ3n) is 5.25. The summed E-state index contributed by atoms with van der Waals surface area (Å²) >= 11 is 0. The molecule has 2 N–H and O–H groups in total. The van der Waals surface area contributed by atoms with Gasteiger partial charge in [-0.05, 0) is 38.3 Å². The van der Waals surface area contributed by atoms with Crippen molar-refractivity contribution in [3.63, 3.8) is 0 Å². The highest BCUT2D eigenvalue weighted by Gasteiger charge is 2.36. The molecule has 1 atom stereocenters. The summed E-state index contributed by atoms with van der Waals surface area (Å²) in [6, 6.07) is 10.5. The Bertz CT molecular complexity index is 587. The van der Waals surface area contributed by atoms with Crippen molar-refractivity contribution in [1.82, 2.24) is 15.1 Å². The van der Waals surface area contributed by atoms with Crippen LogP contribution in [0.5, 0.6) is 0 Å². The van der Waals surface area contributed by atoms with Gasteiger partial charge in [-0.15, -0.1) is 0 Å². The van der Waals surface area contributed by atoms with Crippen LogP contribution in [0.4, 0.5) is 4.79 Å². The fourth-order valence-electron chi connectivity index (χ4n) is 3.75. The summed E-state index contributed by atoms with van der Waals surface area (Å²) in [6.07, 6.45) is 2.49. The molecule has 0 aliphatic heterocycles. The summed E-state index contributed by atoms with van der Waals surface area (Å²) in [6.45, 7) is 7.49. The lowest BCUT2D eigenvalue weighted by atomic mass is 9.85. The number of carboxylic acids is 1. The Kier molecular flexibility index (Phi) is 7.45. The lowest BCUT2D eigenvalue weighted by Gasteiger charge is -2.43. The van der Waals surface area contributed by atoms with E-state index in [0.717, 1.165) is 24.8 Å². The zero-order chi connectivity index (χ0) is 19.1. The number of aliphatic carboxylic acids is 1. The van der Waals surface area contributed by atoms with Crippen LogP contribution in [0.15, 0.2) is 30.3 Å². The second-order valence-corrected chi connectivity index (χ2v) is 6.85. The van der Waals surface area contributed by atoms with Crippen LogP contribution in [0.2, 0.25) is 0 Å². The molecule has 6 heteroatoms. The number of urea groups is 1. The van der Waals surface area contributed by atoms with Crippen molar-refractivity contribution in [3.8, 4) is 0 Å². The second kappa shape index (κ2) is 9.57. The molecule has 1 aromatic carbocycles. The number of rotatable bonds is 9. The number of hydrogen-bond acceptors (Lipinski definition) is 3. The van der Waals surface area contributed by atoms with Gasteiger partial charge in [-0.25, -0.2) is 4.79 Å². The lowest BCUT2D eigenvalue weighted by molar-refractivity contribution is -0.139. The van der Waals surface area contributed by atoms with E-state index in [1.165, 1.54) is 0 Å². The van der Waals surface area contributed by atoms with Gasteiger partial charge >= 0.3 is 12.0 Å². The zero-order valence-corrected chi connectivity index (χ0v) is 16.0. The number of benzene rings is 1. The normalized spacial score (nSPS) is 20.3. The number of amides is 2. The Morgan fingerprint density at radius 3 is 2.31 bits per heavy atom. The molecule has 1 unspecified atom stereocenters. The molecule has 1 saturated carbocycles. The summed E-state index contributed by atoms with van der Waals surface area (Å²) in [7, 11) is 0. The van der Waals surface area contributed by atoms with Crippen LogP contribution in [-0.2, 0) is 4.79 Å². The van der Waals surface area contributed by atoms with Gasteiger partial charge in [-0.1, -0.05) is 44.2 Å². The summed E-state index contributed by atoms with van der Waals surface area (Å²) in [5, 5.41) is 12.1. The predicted octanol–water partition coefficient (Wildman–Crippen LogP) is 3.11. The summed E-state index contributed by atoms with van der Waals surface area (Å²) < 4.78 is 0. The highest BCUT2D eigenvalue weighted by atomic mass is 16.4. The number of carbonyl (C=O) groups is 2. The minimum atomic E-state index is -0.801. The topological polar surface area (TPSA) is 72.9 Å². The van der Waals surface area contributed by atoms with E-state index < -0.39 is 5.97 Å². The molecule has 1 aliphatic rings. The number of nitrogens with one attached hydrogen (secondary N) is 1. The van der Waals surface area contributed by atoms with Crippen LogP contribution in [0, 0.1) is 0 Å². The molecule has 0 aromatic heterocycles. The van der Waals surface area contributed by atoms with Crippen LogP contribution in [0.25, 0.3) is 0 Å². The molecule has 0 bridgehead atoms. The highest BCUT2D eigenvalue weighted by Crippen LogP contribution is 2.28. The molecular weight excluding hydrogens is 330 g/mol. The minimum Gasteiger partial charge on any atom is -0.480 e. The van der Waals surface area contributed by atoms with Gasteiger partial charge < -0.3 is 15.3 Å². The molecule has 0 spiro atoms. The Morgan fingerprint density at radius 2 is 1.81 bits per heavy atom. The van der Waals surface area contributed by atoms with E-state index in [1.807, 2.05) is 41.8 Å². The molecular formula is C20H31N3O3. The molecule has 0 radical (unpaired) electrons. The molecule has 1 aliphatic carbocycles. The van der Waals surface area contributed by atoms with Crippen LogP contribution < -0.4 is 5.32 Å². The molecule has 2 rings (SSSR count). The van der Waals surface area contributed by atoms with Gasteiger partial charge in [0.25, 0.3) is 0 Å². The molecule has 0 saturated heterocycles. The Balaban J connectivity index is 1.91. The molecule has 2 amide bonds. The molecule has 1 aromatic rings. The van der Waals surface area contributed by atoms with Crippen LogP contribution in [-0.4, -0.2) is 58.6 Å². The quantitative estimate of drug-likeness (QED) is 0.709. The molecule has 26 heavy (non-hydrogen) atoms. The van der Waals surface area contributed by atoms with Gasteiger partial charge in [0.05, 0.1) is 12.6 Å². The van der Waals surface area contributed by atoms with Crippen LogP contribution in [0.1, 0.15) is 51.6 Å². The van der Waals surface area contributed by atoms with Gasteiger partial charge in [-0.3, -0.25) is 9.69 Å². The van der Waals surface area contributed by atoms with E-state index >= 15 is 0 Å². The Morgan fingerprint density at radius 1 is 1.15 bits per heavy atom. The third-order valence-corrected chi connectivity index (χ3v) is 5.25. The fraction of sp³-hybridized carbons (Fsp3) is 0.600. The molecule has 1 fully saturated rings. The van der Waals surface area contributed by atoms with Crippen molar-refractivity contribution < 1.29 is 14.7 Å². The number of likely N-dealkylation sites (N-methyl/N-ethyl adjacent to an activating group) is 1. The van der Waals surface area contributed by atoms with E-state index in [-0.39, 0.29) is 30.7 Å². The van der Waals surface area contributed by atoms with Crippen molar-refractivity contribution in [2.45, 2.75) is 58.2 Å². The Labute approximate surface area is 156 Å². The van der Waals surface area contributed by atoms with Gasteiger partial charge in [0.15, 0.2) is 0 Å². The van der Waals surface area contributed by atoms with Crippen molar-refractivity contribution in [2.75, 3.05) is 19.6 Å². The number of carboxylic acid groups (broad SMARTS) is 1. The first-order valence-corrected chi connectivity index (χ1v) is 9.57. The molecule has 144 valence electrons. The van der Waals surface area contributed by atoms with E-state index in [0.29, 0.717) is 13.1 Å². The molecule has 0 heterocycles. The van der Waals surface area contributed by atoms with Crippen LogP contribution >= 0.6 is 0 Å². The van der Waals surface area contributed by atoms with Crippen molar-refractivity contribution in [2.24, 2.45) is 0 Å². The van der Waals surface area contributed by atoms with Gasteiger partial charge in [0.2, 0.25) is 0 Å². The van der Waals surface area contributed by atoms with Crippen molar-refractivity contribution in [3.05, 3.63) is 35.9 Å². The summed E-state index contributed by atoms with van der Waals surface area (Å²) in [5.41, 5.74) is 1.15. The second-order valence-electron chi connectivity index (χ2n) is 6.85. The summed E-state index contributed by atoms with van der Waals surface area (Å²) in [5.74, 6) is -0.801. The SMILES string of the molecule is CCC(c1ccccc1)N(CC)C(=O)NC1CC(N(CC)CC(=O)O)C1. The maximum atomic E-state index is 12.8. The van der Waals surface area contributed by atoms with Crippen molar-refractivity contribution in [1.29, 1.82) is 0 Å². The number of nitrogens with zero attached hydrogens (tertiary/aromatic N) is 2. The maximum Gasteiger partial charge on any atom is 0.318 e. The largest absolute Gasteiger partial charge is 0.480 e. The first-order chi connectivity index (χ1) is 12.5. The third kappa shape index (κ3) is 4.97. The standard InChI is InChI=1S/C20H31N3O3/c1-4-18(15-10-8-7-9-11-15)23(6-3)20(26)21-16-12-17(13-16)22(5-2)14-19(24)25/h7-11,16-18H,4-6,12-14H2,1-3H3,(H,21,26)(H,24,25). The monoisotopic (exact) mass is 361 g/mol. The van der Waals surface area contributed by atoms with E-state index in [2.05, 4.69) is 24.4 Å². The van der Waals surface area contributed by atoms with Crippen LogP contribution in [0.3, 0.4) is 0 Å². The van der Waals surface area contributed by atoms with Gasteiger partial charge in [-0.2, -0.15) is 0 Å². The van der Waals surface area contributed by atoms with E-state index in [9.17, 15) is 9.59 Å². The Hall–Kier alpha value is -2.08. The first-order valence-electron chi connectivity index (χ1n) is 9.57. The average molecular weight is 361 g/mol.